The molecule has 0 spiro atoms. The number of nitrogens with zero attached hydrogens (tertiary/aromatic N) is 2. The van der Waals surface area contributed by atoms with E-state index in [4.69, 9.17) is 11.6 Å². The van der Waals surface area contributed by atoms with Crippen LogP contribution < -0.4 is 4.90 Å². The van der Waals surface area contributed by atoms with Crippen molar-refractivity contribution in [2.75, 3.05) is 4.90 Å². The lowest BCUT2D eigenvalue weighted by Gasteiger charge is -2.31. The first kappa shape index (κ1) is 18.1. The molecule has 2 amide bonds. The third-order valence-electron chi connectivity index (χ3n) is 4.68. The van der Waals surface area contributed by atoms with Gasteiger partial charge in [-0.15, -0.1) is 0 Å². The molecule has 0 N–H and O–H groups in total. The summed E-state index contributed by atoms with van der Waals surface area (Å²) in [6.45, 7) is 0.465. The standard InChI is InChI=1S/C23H17ClN2O2/c24-20-12-6-7-13-21(20)26-22(27)18-11-5-4-10-17(18)19(23(26)28)15-25-14-16-8-2-1-3-9-16/h1-13,15,19H,14H2. The summed E-state index contributed by atoms with van der Waals surface area (Å²) < 4.78 is 0. The van der Waals surface area contributed by atoms with E-state index in [1.54, 1.807) is 48.7 Å². The number of hydrogen-bond acceptors (Lipinski definition) is 3. The third-order valence-corrected chi connectivity index (χ3v) is 5.00. The Morgan fingerprint density at radius 1 is 0.893 bits per heavy atom. The van der Waals surface area contributed by atoms with Crippen molar-refractivity contribution < 1.29 is 9.59 Å². The number of carbonyl (C=O) groups is 2. The number of aliphatic imine (C=N–C) groups is 1. The summed E-state index contributed by atoms with van der Waals surface area (Å²) in [6, 6.07) is 23.8. The second-order valence-corrected chi connectivity index (χ2v) is 6.88. The average molecular weight is 389 g/mol. The number of hydrogen-bond donors (Lipinski definition) is 0. The molecule has 1 heterocycles. The largest absolute Gasteiger partial charge is 0.292 e. The van der Waals surface area contributed by atoms with Crippen molar-refractivity contribution in [3.8, 4) is 0 Å². The first-order valence-electron chi connectivity index (χ1n) is 8.92. The summed E-state index contributed by atoms with van der Waals surface area (Å²) >= 11 is 6.27. The quantitative estimate of drug-likeness (QED) is 0.472. The maximum Gasteiger partial charge on any atom is 0.265 e. The van der Waals surface area contributed by atoms with E-state index in [-0.39, 0.29) is 11.8 Å². The van der Waals surface area contributed by atoms with Gasteiger partial charge >= 0.3 is 0 Å². The van der Waals surface area contributed by atoms with Crippen molar-refractivity contribution in [3.63, 3.8) is 0 Å². The lowest BCUT2D eigenvalue weighted by Crippen LogP contribution is -2.45. The predicted molar refractivity (Wildman–Crippen MR) is 111 cm³/mol. The molecule has 0 aliphatic carbocycles. The fourth-order valence-electron chi connectivity index (χ4n) is 3.31. The number of amides is 2. The number of rotatable bonds is 4. The van der Waals surface area contributed by atoms with Crippen molar-refractivity contribution in [2.24, 2.45) is 4.99 Å². The third kappa shape index (κ3) is 3.35. The van der Waals surface area contributed by atoms with Crippen LogP contribution in [0.2, 0.25) is 5.02 Å². The normalized spacial score (nSPS) is 16.5. The molecule has 0 saturated heterocycles. The van der Waals surface area contributed by atoms with Gasteiger partial charge in [-0.3, -0.25) is 14.6 Å². The highest BCUT2D eigenvalue weighted by atomic mass is 35.5. The lowest BCUT2D eigenvalue weighted by atomic mass is 9.89. The van der Waals surface area contributed by atoms with Crippen LogP contribution in [0.15, 0.2) is 83.9 Å². The molecule has 0 fully saturated rings. The van der Waals surface area contributed by atoms with Crippen LogP contribution in [0.4, 0.5) is 5.69 Å². The van der Waals surface area contributed by atoms with E-state index in [1.165, 1.54) is 0 Å². The zero-order valence-corrected chi connectivity index (χ0v) is 15.7. The molecule has 1 aliphatic rings. The monoisotopic (exact) mass is 388 g/mol. The molecule has 0 bridgehead atoms. The van der Waals surface area contributed by atoms with Crippen molar-refractivity contribution in [3.05, 3.63) is 101 Å². The summed E-state index contributed by atoms with van der Waals surface area (Å²) in [5.74, 6) is -1.37. The fourth-order valence-corrected chi connectivity index (χ4v) is 3.53. The topological polar surface area (TPSA) is 49.7 Å². The summed E-state index contributed by atoms with van der Waals surface area (Å²) in [6.07, 6.45) is 1.63. The maximum atomic E-state index is 13.2. The second-order valence-electron chi connectivity index (χ2n) is 6.47. The Morgan fingerprint density at radius 3 is 2.36 bits per heavy atom. The van der Waals surface area contributed by atoms with Crippen molar-refractivity contribution in [1.29, 1.82) is 0 Å². The van der Waals surface area contributed by atoms with Crippen LogP contribution in [0, 0.1) is 0 Å². The number of para-hydroxylation sites is 1. The molecule has 5 heteroatoms. The molecule has 4 nitrogen and oxygen atoms in total. The first-order valence-corrected chi connectivity index (χ1v) is 9.30. The van der Waals surface area contributed by atoms with Gasteiger partial charge in [0.25, 0.3) is 5.91 Å². The maximum absolute atomic E-state index is 13.2. The Kier molecular flexibility index (Phi) is 5.04. The van der Waals surface area contributed by atoms with Crippen LogP contribution in [-0.4, -0.2) is 18.0 Å². The van der Waals surface area contributed by atoms with Crippen LogP contribution in [-0.2, 0) is 11.3 Å². The molecule has 138 valence electrons. The zero-order chi connectivity index (χ0) is 19.5. The Bertz CT molecular complexity index is 1060. The minimum atomic E-state index is -0.645. The molecular weight excluding hydrogens is 372 g/mol. The Balaban J connectivity index is 1.73. The van der Waals surface area contributed by atoms with Crippen LogP contribution >= 0.6 is 11.6 Å². The lowest BCUT2D eigenvalue weighted by molar-refractivity contribution is -0.118. The highest BCUT2D eigenvalue weighted by Gasteiger charge is 2.39. The average Bonchev–Trinajstić information content (AvgIpc) is 2.73. The number of halogens is 1. The van der Waals surface area contributed by atoms with Gasteiger partial charge in [0, 0.05) is 11.8 Å². The van der Waals surface area contributed by atoms with Crippen LogP contribution in [0.25, 0.3) is 0 Å². The van der Waals surface area contributed by atoms with Gasteiger partial charge in [0.1, 0.15) is 0 Å². The van der Waals surface area contributed by atoms with Gasteiger partial charge in [0.2, 0.25) is 5.91 Å². The fraction of sp³-hybridized carbons (Fsp3) is 0.0870. The van der Waals surface area contributed by atoms with Crippen LogP contribution in [0.3, 0.4) is 0 Å². The van der Waals surface area contributed by atoms with E-state index < -0.39 is 5.92 Å². The van der Waals surface area contributed by atoms with E-state index in [1.807, 2.05) is 36.4 Å². The van der Waals surface area contributed by atoms with Gasteiger partial charge in [-0.05, 0) is 29.3 Å². The molecular formula is C23H17ClN2O2. The molecule has 4 rings (SSSR count). The van der Waals surface area contributed by atoms with E-state index in [0.717, 1.165) is 10.5 Å². The molecule has 0 radical (unpaired) electrons. The predicted octanol–water partition coefficient (Wildman–Crippen LogP) is 4.88. The summed E-state index contributed by atoms with van der Waals surface area (Å²) in [7, 11) is 0. The first-order chi connectivity index (χ1) is 13.7. The highest BCUT2D eigenvalue weighted by Crippen LogP contribution is 2.35. The second kappa shape index (κ2) is 7.79. The van der Waals surface area contributed by atoms with Crippen LogP contribution in [0.5, 0.6) is 0 Å². The molecule has 28 heavy (non-hydrogen) atoms. The van der Waals surface area contributed by atoms with E-state index in [9.17, 15) is 9.59 Å². The Morgan fingerprint density at radius 2 is 1.57 bits per heavy atom. The smallest absolute Gasteiger partial charge is 0.265 e. The van der Waals surface area contributed by atoms with Crippen molar-refractivity contribution in [1.82, 2.24) is 0 Å². The molecule has 1 atom stereocenters. The molecule has 1 unspecified atom stereocenters. The molecule has 3 aromatic carbocycles. The van der Waals surface area contributed by atoms with Gasteiger partial charge in [-0.1, -0.05) is 72.3 Å². The van der Waals surface area contributed by atoms with Gasteiger partial charge in [0.05, 0.1) is 23.2 Å². The summed E-state index contributed by atoms with van der Waals surface area (Å²) in [5.41, 5.74) is 2.58. The number of imide groups is 1. The molecule has 0 saturated carbocycles. The minimum absolute atomic E-state index is 0.351. The van der Waals surface area contributed by atoms with Crippen molar-refractivity contribution in [2.45, 2.75) is 12.5 Å². The Hall–Kier alpha value is -3.24. The van der Waals surface area contributed by atoms with E-state index >= 15 is 0 Å². The Labute approximate surface area is 168 Å². The number of carbonyl (C=O) groups excluding carboxylic acids is 2. The van der Waals surface area contributed by atoms with Crippen LogP contribution in [0.1, 0.15) is 27.4 Å². The minimum Gasteiger partial charge on any atom is -0.292 e. The van der Waals surface area contributed by atoms with Gasteiger partial charge in [-0.25, -0.2) is 4.90 Å². The van der Waals surface area contributed by atoms with Gasteiger partial charge in [0.15, 0.2) is 0 Å². The van der Waals surface area contributed by atoms with E-state index in [2.05, 4.69) is 4.99 Å². The number of anilines is 1. The number of benzene rings is 3. The summed E-state index contributed by atoms with van der Waals surface area (Å²) in [5, 5.41) is 0.351. The SMILES string of the molecule is O=C1c2ccccc2C(C=NCc2ccccc2)C(=O)N1c1ccccc1Cl. The molecule has 1 aliphatic heterocycles. The number of fused-ring (bicyclic) bond motifs is 1. The molecule has 3 aromatic rings. The van der Waals surface area contributed by atoms with Gasteiger partial charge < -0.3 is 0 Å². The molecule has 0 aromatic heterocycles. The van der Waals surface area contributed by atoms with E-state index in [0.29, 0.717) is 28.4 Å². The van der Waals surface area contributed by atoms with Gasteiger partial charge in [-0.2, -0.15) is 0 Å². The zero-order valence-electron chi connectivity index (χ0n) is 15.0. The van der Waals surface area contributed by atoms with Crippen molar-refractivity contribution >= 4 is 35.3 Å². The highest BCUT2D eigenvalue weighted by molar-refractivity contribution is 6.37. The summed E-state index contributed by atoms with van der Waals surface area (Å²) in [4.78, 5) is 31.9.